The first-order valence-electron chi connectivity index (χ1n) is 7.26. The van der Waals surface area contributed by atoms with Crippen molar-refractivity contribution >= 4 is 5.91 Å². The molecule has 0 aliphatic carbocycles. The lowest BCUT2D eigenvalue weighted by atomic mass is 9.94. The first-order chi connectivity index (χ1) is 8.63. The molecule has 0 aromatic carbocycles. The van der Waals surface area contributed by atoms with E-state index in [-0.39, 0.29) is 0 Å². The van der Waals surface area contributed by atoms with Gasteiger partial charge in [-0.3, -0.25) is 4.79 Å². The maximum absolute atomic E-state index is 12.2. The summed E-state index contributed by atoms with van der Waals surface area (Å²) in [6.07, 6.45) is 4.12. The SMILES string of the molecule is CCN(CCCN(C)C)C(=O)CC1CCNCC1. The van der Waals surface area contributed by atoms with Gasteiger partial charge >= 0.3 is 0 Å². The Kier molecular flexibility index (Phi) is 7.28. The van der Waals surface area contributed by atoms with E-state index in [1.165, 1.54) is 0 Å². The molecule has 1 amide bonds. The van der Waals surface area contributed by atoms with Gasteiger partial charge in [-0.1, -0.05) is 0 Å². The first kappa shape index (κ1) is 15.4. The third kappa shape index (κ3) is 5.83. The van der Waals surface area contributed by atoms with E-state index in [0.29, 0.717) is 11.8 Å². The predicted octanol–water partition coefficient (Wildman–Crippen LogP) is 1.18. The average molecular weight is 255 g/mol. The molecule has 18 heavy (non-hydrogen) atoms. The fourth-order valence-electron chi connectivity index (χ4n) is 2.50. The molecular formula is C14H29N3O. The van der Waals surface area contributed by atoms with Gasteiger partial charge < -0.3 is 15.1 Å². The van der Waals surface area contributed by atoms with Gasteiger partial charge in [0, 0.05) is 19.5 Å². The molecule has 1 aliphatic heterocycles. The van der Waals surface area contributed by atoms with Gasteiger partial charge in [0.25, 0.3) is 0 Å². The van der Waals surface area contributed by atoms with Gasteiger partial charge in [0.1, 0.15) is 0 Å². The van der Waals surface area contributed by atoms with Gasteiger partial charge in [-0.15, -0.1) is 0 Å². The second kappa shape index (κ2) is 8.48. The smallest absolute Gasteiger partial charge is 0.222 e. The summed E-state index contributed by atoms with van der Waals surface area (Å²) < 4.78 is 0. The summed E-state index contributed by atoms with van der Waals surface area (Å²) >= 11 is 0. The molecule has 4 nitrogen and oxygen atoms in total. The molecule has 0 spiro atoms. The zero-order valence-corrected chi connectivity index (χ0v) is 12.2. The minimum Gasteiger partial charge on any atom is -0.343 e. The Labute approximate surface area is 112 Å². The van der Waals surface area contributed by atoms with Gasteiger partial charge in [0.2, 0.25) is 5.91 Å². The van der Waals surface area contributed by atoms with E-state index < -0.39 is 0 Å². The van der Waals surface area contributed by atoms with Crippen LogP contribution in [-0.2, 0) is 4.79 Å². The van der Waals surface area contributed by atoms with Crippen molar-refractivity contribution in [3.63, 3.8) is 0 Å². The van der Waals surface area contributed by atoms with E-state index >= 15 is 0 Å². The Balaban J connectivity index is 2.27. The van der Waals surface area contributed by atoms with Crippen LogP contribution in [0.15, 0.2) is 0 Å². The van der Waals surface area contributed by atoms with Crippen molar-refractivity contribution in [2.24, 2.45) is 5.92 Å². The number of nitrogens with one attached hydrogen (secondary N) is 1. The van der Waals surface area contributed by atoms with Gasteiger partial charge in [0.15, 0.2) is 0 Å². The van der Waals surface area contributed by atoms with Crippen molar-refractivity contribution in [1.29, 1.82) is 0 Å². The molecule has 1 rings (SSSR count). The quantitative estimate of drug-likeness (QED) is 0.742. The van der Waals surface area contributed by atoms with Gasteiger partial charge in [-0.2, -0.15) is 0 Å². The molecular weight excluding hydrogens is 226 g/mol. The Bertz CT molecular complexity index is 237. The van der Waals surface area contributed by atoms with Crippen LogP contribution in [-0.4, -0.2) is 62.5 Å². The summed E-state index contributed by atoms with van der Waals surface area (Å²) in [5.74, 6) is 0.949. The Morgan fingerprint density at radius 1 is 1.22 bits per heavy atom. The van der Waals surface area contributed by atoms with Crippen molar-refractivity contribution in [3.05, 3.63) is 0 Å². The third-order valence-electron chi connectivity index (χ3n) is 3.69. The van der Waals surface area contributed by atoms with E-state index in [9.17, 15) is 4.79 Å². The highest BCUT2D eigenvalue weighted by Crippen LogP contribution is 2.17. The second-order valence-electron chi connectivity index (χ2n) is 5.53. The molecule has 0 saturated carbocycles. The monoisotopic (exact) mass is 255 g/mol. The molecule has 0 aromatic rings. The lowest BCUT2D eigenvalue weighted by Gasteiger charge is -2.26. The summed E-state index contributed by atoms with van der Waals surface area (Å²) in [7, 11) is 4.15. The number of rotatable bonds is 7. The fraction of sp³-hybridized carbons (Fsp3) is 0.929. The van der Waals surface area contributed by atoms with Crippen LogP contribution in [0.25, 0.3) is 0 Å². The van der Waals surface area contributed by atoms with Crippen molar-refractivity contribution in [3.8, 4) is 0 Å². The Morgan fingerprint density at radius 2 is 1.89 bits per heavy atom. The molecule has 1 aliphatic rings. The highest BCUT2D eigenvalue weighted by Gasteiger charge is 2.19. The molecule has 1 saturated heterocycles. The number of carbonyl (C=O) groups is 1. The van der Waals surface area contributed by atoms with E-state index in [0.717, 1.165) is 58.4 Å². The number of hydrogen-bond donors (Lipinski definition) is 1. The highest BCUT2D eigenvalue weighted by atomic mass is 16.2. The maximum atomic E-state index is 12.2. The zero-order valence-electron chi connectivity index (χ0n) is 12.2. The average Bonchev–Trinajstić information content (AvgIpc) is 2.35. The zero-order chi connectivity index (χ0) is 13.4. The van der Waals surface area contributed by atoms with Crippen LogP contribution in [0, 0.1) is 5.92 Å². The Morgan fingerprint density at radius 3 is 2.44 bits per heavy atom. The fourth-order valence-corrected chi connectivity index (χ4v) is 2.50. The van der Waals surface area contributed by atoms with Crippen LogP contribution < -0.4 is 5.32 Å². The standard InChI is InChI=1S/C14H29N3O/c1-4-17(11-5-10-16(2)3)14(18)12-13-6-8-15-9-7-13/h13,15H,4-12H2,1-3H3. The molecule has 4 heteroatoms. The summed E-state index contributed by atoms with van der Waals surface area (Å²) in [5, 5.41) is 3.35. The number of nitrogens with zero attached hydrogens (tertiary/aromatic N) is 2. The third-order valence-corrected chi connectivity index (χ3v) is 3.69. The van der Waals surface area contributed by atoms with Crippen LogP contribution in [0.2, 0.25) is 0 Å². The molecule has 1 fully saturated rings. The van der Waals surface area contributed by atoms with Crippen LogP contribution in [0.5, 0.6) is 0 Å². The molecule has 0 bridgehead atoms. The number of hydrogen-bond acceptors (Lipinski definition) is 3. The molecule has 0 aromatic heterocycles. The lowest BCUT2D eigenvalue weighted by molar-refractivity contribution is -0.132. The van der Waals surface area contributed by atoms with Crippen molar-refractivity contribution in [2.45, 2.75) is 32.6 Å². The highest BCUT2D eigenvalue weighted by molar-refractivity contribution is 5.76. The molecule has 0 radical (unpaired) electrons. The van der Waals surface area contributed by atoms with Crippen LogP contribution in [0.3, 0.4) is 0 Å². The first-order valence-corrected chi connectivity index (χ1v) is 7.26. The topological polar surface area (TPSA) is 35.6 Å². The second-order valence-corrected chi connectivity index (χ2v) is 5.53. The van der Waals surface area contributed by atoms with E-state index in [2.05, 4.69) is 31.2 Å². The molecule has 0 unspecified atom stereocenters. The van der Waals surface area contributed by atoms with Crippen molar-refractivity contribution in [2.75, 3.05) is 46.8 Å². The van der Waals surface area contributed by atoms with Crippen molar-refractivity contribution < 1.29 is 4.79 Å². The lowest BCUT2D eigenvalue weighted by Crippen LogP contribution is -2.36. The van der Waals surface area contributed by atoms with Crippen molar-refractivity contribution in [1.82, 2.24) is 15.1 Å². The van der Waals surface area contributed by atoms with Gasteiger partial charge in [-0.05, 0) is 65.8 Å². The molecule has 106 valence electrons. The minimum absolute atomic E-state index is 0.350. The molecule has 0 atom stereocenters. The minimum atomic E-state index is 0.350. The van der Waals surface area contributed by atoms with Gasteiger partial charge in [-0.25, -0.2) is 0 Å². The predicted molar refractivity (Wildman–Crippen MR) is 75.6 cm³/mol. The van der Waals surface area contributed by atoms with Crippen LogP contribution in [0.1, 0.15) is 32.6 Å². The number of amides is 1. The van der Waals surface area contributed by atoms with E-state index in [4.69, 9.17) is 0 Å². The summed E-state index contributed by atoms with van der Waals surface area (Å²) in [5.41, 5.74) is 0. The summed E-state index contributed by atoms with van der Waals surface area (Å²) in [6.45, 7) is 7.03. The number of piperidine rings is 1. The van der Waals surface area contributed by atoms with Crippen LogP contribution in [0.4, 0.5) is 0 Å². The Hall–Kier alpha value is -0.610. The van der Waals surface area contributed by atoms with E-state index in [1.807, 2.05) is 4.90 Å². The number of carbonyl (C=O) groups excluding carboxylic acids is 1. The van der Waals surface area contributed by atoms with E-state index in [1.54, 1.807) is 0 Å². The molecule has 1 N–H and O–H groups in total. The molecule has 1 heterocycles. The summed E-state index contributed by atoms with van der Waals surface area (Å²) in [4.78, 5) is 16.4. The van der Waals surface area contributed by atoms with Crippen LogP contribution >= 0.6 is 0 Å². The normalized spacial score (nSPS) is 17.1. The van der Waals surface area contributed by atoms with Gasteiger partial charge in [0.05, 0.1) is 0 Å². The largest absolute Gasteiger partial charge is 0.343 e. The maximum Gasteiger partial charge on any atom is 0.222 e. The summed E-state index contributed by atoms with van der Waals surface area (Å²) in [6, 6.07) is 0.